The Kier molecular flexibility index (Phi) is 9.85. The fraction of sp³-hybridized carbons (Fsp3) is 0.353. The Hall–Kier alpha value is -3.26. The maximum atomic E-state index is 3.57. The van der Waals surface area contributed by atoms with Gasteiger partial charge >= 0.3 is 0 Å². The largest absolute Gasteiger partial charge is 0.356 e. The summed E-state index contributed by atoms with van der Waals surface area (Å²) in [7, 11) is 0. The molecule has 188 valence electrons. The molecular weight excluding hydrogens is 436 g/mol. The molecule has 36 heavy (non-hydrogen) atoms. The molecule has 0 atom stereocenters. The van der Waals surface area contributed by atoms with Crippen LogP contribution in [0.2, 0.25) is 0 Å². The van der Waals surface area contributed by atoms with E-state index in [0.29, 0.717) is 0 Å². The molecule has 0 aliphatic rings. The van der Waals surface area contributed by atoms with Crippen molar-refractivity contribution >= 4 is 33.5 Å². The molecule has 4 aromatic rings. The summed E-state index contributed by atoms with van der Waals surface area (Å²) in [6, 6.07) is 31.0. The van der Waals surface area contributed by atoms with Crippen LogP contribution in [0, 0.1) is 0 Å². The summed E-state index contributed by atoms with van der Waals surface area (Å²) in [5.74, 6) is 0. The third-order valence-corrected chi connectivity index (χ3v) is 6.96. The molecule has 4 rings (SSSR count). The zero-order chi connectivity index (χ0) is 25.0. The van der Waals surface area contributed by atoms with Crippen molar-refractivity contribution in [3.8, 4) is 0 Å². The van der Waals surface area contributed by atoms with Crippen molar-refractivity contribution in [2.75, 3.05) is 10.6 Å². The van der Waals surface area contributed by atoms with Crippen molar-refractivity contribution < 1.29 is 0 Å². The van der Waals surface area contributed by atoms with Crippen LogP contribution >= 0.6 is 0 Å². The van der Waals surface area contributed by atoms with Crippen LogP contribution in [0.1, 0.15) is 76.3 Å². The zero-order valence-corrected chi connectivity index (χ0v) is 22.2. The summed E-state index contributed by atoms with van der Waals surface area (Å²) in [6.45, 7) is 4.52. The molecule has 0 fully saturated rings. The molecular formula is C34H42N2. The first-order chi connectivity index (χ1) is 17.7. The van der Waals surface area contributed by atoms with Crippen LogP contribution in [-0.2, 0) is 12.8 Å². The van der Waals surface area contributed by atoms with Crippen molar-refractivity contribution in [3.05, 3.63) is 96.1 Å². The van der Waals surface area contributed by atoms with Crippen molar-refractivity contribution in [2.45, 2.75) is 78.1 Å². The van der Waals surface area contributed by atoms with Crippen LogP contribution < -0.4 is 10.6 Å². The van der Waals surface area contributed by atoms with E-state index in [0.717, 1.165) is 22.7 Å². The average Bonchev–Trinajstić information content (AvgIpc) is 2.91. The number of nitrogens with one attached hydrogen (secondary N) is 2. The first-order valence-electron chi connectivity index (χ1n) is 14.0. The van der Waals surface area contributed by atoms with Gasteiger partial charge in [-0.25, -0.2) is 0 Å². The lowest BCUT2D eigenvalue weighted by Crippen LogP contribution is -1.93. The minimum Gasteiger partial charge on any atom is -0.356 e. The number of hydrogen-bond donors (Lipinski definition) is 2. The van der Waals surface area contributed by atoms with Crippen LogP contribution in [0.25, 0.3) is 10.8 Å². The molecule has 0 radical (unpaired) electrons. The number of benzene rings is 4. The number of anilines is 4. The molecule has 0 saturated carbocycles. The highest BCUT2D eigenvalue weighted by Gasteiger charge is 2.02. The maximum Gasteiger partial charge on any atom is 0.0390 e. The highest BCUT2D eigenvalue weighted by Crippen LogP contribution is 2.27. The standard InChI is InChI=1S/C34H42N2/c1-3-5-7-9-11-27-13-19-31(20-14-27)35-33-23-17-30-26-34(24-18-29(30)25-33)36-32-21-15-28(16-22-32)12-10-8-6-4-2/h13-26,35-36H,3-12H2,1-2H3. The van der Waals surface area contributed by atoms with E-state index in [2.05, 4.69) is 109 Å². The zero-order valence-electron chi connectivity index (χ0n) is 22.2. The van der Waals surface area contributed by atoms with Gasteiger partial charge in [-0.2, -0.15) is 0 Å². The molecule has 2 heteroatoms. The summed E-state index contributed by atoms with van der Waals surface area (Å²) < 4.78 is 0. The van der Waals surface area contributed by atoms with E-state index >= 15 is 0 Å². The van der Waals surface area contributed by atoms with Crippen molar-refractivity contribution in [2.24, 2.45) is 0 Å². The summed E-state index contributed by atoms with van der Waals surface area (Å²) >= 11 is 0. The molecule has 0 aromatic heterocycles. The number of rotatable bonds is 14. The Bertz CT molecular complexity index is 1100. The number of fused-ring (bicyclic) bond motifs is 1. The minimum absolute atomic E-state index is 1.12. The SMILES string of the molecule is CCCCCCc1ccc(Nc2ccc3cc(Nc4ccc(CCCCCC)cc4)ccc3c2)cc1. The van der Waals surface area contributed by atoms with Crippen LogP contribution in [0.4, 0.5) is 22.7 Å². The molecule has 2 nitrogen and oxygen atoms in total. The molecule has 0 spiro atoms. The predicted octanol–water partition coefficient (Wildman–Crippen LogP) is 10.6. The first kappa shape index (κ1) is 25.8. The smallest absolute Gasteiger partial charge is 0.0390 e. The van der Waals surface area contributed by atoms with Gasteiger partial charge in [-0.3, -0.25) is 0 Å². The van der Waals surface area contributed by atoms with E-state index in [1.165, 1.54) is 86.1 Å². The van der Waals surface area contributed by atoms with Crippen LogP contribution in [-0.4, -0.2) is 0 Å². The van der Waals surface area contributed by atoms with Crippen molar-refractivity contribution in [1.82, 2.24) is 0 Å². The molecule has 2 N–H and O–H groups in total. The fourth-order valence-electron chi connectivity index (χ4n) is 4.76. The fourth-order valence-corrected chi connectivity index (χ4v) is 4.76. The third kappa shape index (κ3) is 7.88. The topological polar surface area (TPSA) is 24.1 Å². The van der Waals surface area contributed by atoms with Gasteiger partial charge in [0.1, 0.15) is 0 Å². The Labute approximate surface area is 218 Å². The summed E-state index contributed by atoms with van der Waals surface area (Å²) in [6.07, 6.45) is 12.8. The first-order valence-corrected chi connectivity index (χ1v) is 14.0. The summed E-state index contributed by atoms with van der Waals surface area (Å²) in [5, 5.41) is 9.60. The normalized spacial score (nSPS) is 11.1. The lowest BCUT2D eigenvalue weighted by atomic mass is 10.1. The van der Waals surface area contributed by atoms with E-state index in [-0.39, 0.29) is 0 Å². The van der Waals surface area contributed by atoms with Gasteiger partial charge in [-0.05, 0) is 96.1 Å². The molecule has 0 heterocycles. The summed E-state index contributed by atoms with van der Waals surface area (Å²) in [5.41, 5.74) is 7.37. The molecule has 0 aliphatic heterocycles. The third-order valence-electron chi connectivity index (χ3n) is 6.96. The van der Waals surface area contributed by atoms with E-state index in [4.69, 9.17) is 0 Å². The van der Waals surface area contributed by atoms with Gasteiger partial charge in [0.15, 0.2) is 0 Å². The van der Waals surface area contributed by atoms with E-state index in [9.17, 15) is 0 Å². The Morgan fingerprint density at radius 3 is 1.19 bits per heavy atom. The van der Waals surface area contributed by atoms with E-state index in [1.807, 2.05) is 0 Å². The quantitative estimate of drug-likeness (QED) is 0.176. The van der Waals surface area contributed by atoms with Gasteiger partial charge in [0, 0.05) is 22.7 Å². The molecule has 0 unspecified atom stereocenters. The van der Waals surface area contributed by atoms with Gasteiger partial charge < -0.3 is 10.6 Å². The van der Waals surface area contributed by atoms with Gasteiger partial charge in [0.25, 0.3) is 0 Å². The Balaban J connectivity index is 1.32. The molecule has 0 aliphatic carbocycles. The van der Waals surface area contributed by atoms with E-state index < -0.39 is 0 Å². The maximum absolute atomic E-state index is 3.57. The van der Waals surface area contributed by atoms with Crippen LogP contribution in [0.3, 0.4) is 0 Å². The van der Waals surface area contributed by atoms with Gasteiger partial charge in [-0.15, -0.1) is 0 Å². The Morgan fingerprint density at radius 2 is 0.806 bits per heavy atom. The minimum atomic E-state index is 1.12. The molecule has 0 bridgehead atoms. The van der Waals surface area contributed by atoms with Crippen molar-refractivity contribution in [1.29, 1.82) is 0 Å². The second-order valence-corrected chi connectivity index (χ2v) is 10.0. The highest BCUT2D eigenvalue weighted by molar-refractivity contribution is 5.89. The summed E-state index contributed by atoms with van der Waals surface area (Å²) in [4.78, 5) is 0. The second kappa shape index (κ2) is 13.7. The lowest BCUT2D eigenvalue weighted by Gasteiger charge is -2.11. The molecule has 4 aromatic carbocycles. The molecule has 0 amide bonds. The lowest BCUT2D eigenvalue weighted by molar-refractivity contribution is 0.667. The molecule has 0 saturated heterocycles. The van der Waals surface area contributed by atoms with E-state index in [1.54, 1.807) is 0 Å². The van der Waals surface area contributed by atoms with Gasteiger partial charge in [0.05, 0.1) is 0 Å². The Morgan fingerprint density at radius 1 is 0.417 bits per heavy atom. The predicted molar refractivity (Wildman–Crippen MR) is 159 cm³/mol. The van der Waals surface area contributed by atoms with Crippen LogP contribution in [0.5, 0.6) is 0 Å². The van der Waals surface area contributed by atoms with Gasteiger partial charge in [-0.1, -0.05) is 88.8 Å². The van der Waals surface area contributed by atoms with Gasteiger partial charge in [0.2, 0.25) is 0 Å². The number of unbranched alkanes of at least 4 members (excludes halogenated alkanes) is 6. The monoisotopic (exact) mass is 478 g/mol. The average molecular weight is 479 g/mol. The van der Waals surface area contributed by atoms with Crippen molar-refractivity contribution in [3.63, 3.8) is 0 Å². The highest BCUT2D eigenvalue weighted by atomic mass is 14.9. The number of aryl methyl sites for hydroxylation is 2. The number of hydrogen-bond acceptors (Lipinski definition) is 2. The van der Waals surface area contributed by atoms with Crippen LogP contribution in [0.15, 0.2) is 84.9 Å². The second-order valence-electron chi connectivity index (χ2n) is 10.0.